The normalized spacial score (nSPS) is 15.5. The maximum atomic E-state index is 12.8. The van der Waals surface area contributed by atoms with Crippen molar-refractivity contribution in [3.05, 3.63) is 66.4 Å². The summed E-state index contributed by atoms with van der Waals surface area (Å²) in [7, 11) is -3.84. The van der Waals surface area contributed by atoms with Crippen LogP contribution in [0.5, 0.6) is 0 Å². The van der Waals surface area contributed by atoms with Gasteiger partial charge >= 0.3 is 0 Å². The lowest BCUT2D eigenvalue weighted by Gasteiger charge is -2.30. The minimum Gasteiger partial charge on any atom is -0.438 e. The molecule has 1 aromatic carbocycles. The lowest BCUT2D eigenvalue weighted by Crippen LogP contribution is -2.46. The van der Waals surface area contributed by atoms with E-state index in [4.69, 9.17) is 4.42 Å². The molecule has 1 aliphatic heterocycles. The molecule has 2 aromatic rings. The van der Waals surface area contributed by atoms with Crippen molar-refractivity contribution in [1.29, 1.82) is 0 Å². The van der Waals surface area contributed by atoms with Gasteiger partial charge in [-0.25, -0.2) is 8.42 Å². The van der Waals surface area contributed by atoms with Crippen LogP contribution in [0.15, 0.2) is 64.6 Å². The zero-order chi connectivity index (χ0) is 21.6. The van der Waals surface area contributed by atoms with E-state index in [2.05, 4.69) is 17.2 Å². The first-order valence-electron chi connectivity index (χ1n) is 9.75. The van der Waals surface area contributed by atoms with Crippen molar-refractivity contribution in [2.75, 3.05) is 19.6 Å². The Morgan fingerprint density at radius 1 is 1.13 bits per heavy atom. The van der Waals surface area contributed by atoms with Gasteiger partial charge in [0.1, 0.15) is 0 Å². The van der Waals surface area contributed by atoms with E-state index in [0.29, 0.717) is 25.8 Å². The summed E-state index contributed by atoms with van der Waals surface area (Å²) in [6.45, 7) is 4.33. The average Bonchev–Trinajstić information content (AvgIpc) is 3.26. The molecule has 2 N–H and O–H groups in total. The van der Waals surface area contributed by atoms with Crippen molar-refractivity contribution in [2.24, 2.45) is 0 Å². The topological polar surface area (TPSA) is 109 Å². The lowest BCUT2D eigenvalue weighted by atomic mass is 10.1. The average molecular weight is 432 g/mol. The first kappa shape index (κ1) is 21.8. The highest BCUT2D eigenvalue weighted by Crippen LogP contribution is 2.22. The van der Waals surface area contributed by atoms with Crippen LogP contribution in [-0.4, -0.2) is 50.2 Å². The Morgan fingerprint density at radius 2 is 1.83 bits per heavy atom. The number of piperidine rings is 1. The van der Waals surface area contributed by atoms with E-state index in [0.717, 1.165) is 5.56 Å². The molecule has 0 unspecified atom stereocenters. The van der Waals surface area contributed by atoms with Crippen LogP contribution in [0.4, 0.5) is 0 Å². The summed E-state index contributed by atoms with van der Waals surface area (Å²) in [5.41, 5.74) is 1.09. The zero-order valence-corrected chi connectivity index (χ0v) is 17.4. The number of carbonyl (C=O) groups excluding carboxylic acids is 2. The van der Waals surface area contributed by atoms with Gasteiger partial charge in [0.15, 0.2) is 5.76 Å². The fourth-order valence-corrected chi connectivity index (χ4v) is 4.64. The molecule has 1 aliphatic rings. The molecule has 8 nitrogen and oxygen atoms in total. The van der Waals surface area contributed by atoms with E-state index < -0.39 is 15.9 Å². The Bertz CT molecular complexity index is 993. The molecule has 1 saturated heterocycles. The fraction of sp³-hybridized carbons (Fsp3) is 0.333. The largest absolute Gasteiger partial charge is 0.438 e. The first-order valence-corrected chi connectivity index (χ1v) is 11.2. The van der Waals surface area contributed by atoms with Crippen LogP contribution in [0.1, 0.15) is 29.0 Å². The van der Waals surface area contributed by atoms with Crippen LogP contribution >= 0.6 is 0 Å². The highest BCUT2D eigenvalue weighted by Gasteiger charge is 2.32. The molecule has 0 bridgehead atoms. The molecule has 0 saturated carbocycles. The smallest absolute Gasteiger partial charge is 0.287 e. The number of nitrogens with zero attached hydrogens (tertiary/aromatic N) is 1. The Labute approximate surface area is 176 Å². The molecular weight excluding hydrogens is 406 g/mol. The molecule has 2 amide bonds. The van der Waals surface area contributed by atoms with E-state index >= 15 is 0 Å². The second-order valence-electron chi connectivity index (χ2n) is 7.00. The monoisotopic (exact) mass is 431 g/mol. The number of benzene rings is 1. The summed E-state index contributed by atoms with van der Waals surface area (Å²) in [6.07, 6.45) is 2.84. The summed E-state index contributed by atoms with van der Waals surface area (Å²) in [4.78, 5) is 23.7. The predicted molar refractivity (Wildman–Crippen MR) is 111 cm³/mol. The highest BCUT2D eigenvalue weighted by molar-refractivity contribution is 7.89. The van der Waals surface area contributed by atoms with Crippen LogP contribution in [0.25, 0.3) is 0 Å². The zero-order valence-electron chi connectivity index (χ0n) is 16.5. The van der Waals surface area contributed by atoms with Gasteiger partial charge in [-0.2, -0.15) is 4.31 Å². The van der Waals surface area contributed by atoms with Crippen molar-refractivity contribution in [2.45, 2.75) is 30.4 Å². The van der Waals surface area contributed by atoms with Crippen molar-refractivity contribution in [3.8, 4) is 0 Å². The molecule has 160 valence electrons. The van der Waals surface area contributed by atoms with Crippen LogP contribution in [0, 0.1) is 0 Å². The maximum Gasteiger partial charge on any atom is 0.287 e. The number of rotatable bonds is 8. The third-order valence-electron chi connectivity index (χ3n) is 4.93. The molecule has 3 rings (SSSR count). The second-order valence-corrected chi connectivity index (χ2v) is 8.87. The molecule has 30 heavy (non-hydrogen) atoms. The highest BCUT2D eigenvalue weighted by atomic mass is 32.2. The van der Waals surface area contributed by atoms with Crippen LogP contribution < -0.4 is 10.6 Å². The maximum absolute atomic E-state index is 12.8. The van der Waals surface area contributed by atoms with Crippen LogP contribution in [0.2, 0.25) is 0 Å². The number of furan rings is 1. The molecule has 9 heteroatoms. The number of nitrogens with one attached hydrogen (secondary N) is 2. The van der Waals surface area contributed by atoms with Crippen molar-refractivity contribution >= 4 is 21.8 Å². The molecule has 1 aromatic heterocycles. The van der Waals surface area contributed by atoms with E-state index in [9.17, 15) is 18.0 Å². The van der Waals surface area contributed by atoms with E-state index in [1.54, 1.807) is 0 Å². The van der Waals surface area contributed by atoms with Crippen molar-refractivity contribution in [1.82, 2.24) is 14.9 Å². The Hall–Kier alpha value is -2.91. The Balaban J connectivity index is 1.54. The summed E-state index contributed by atoms with van der Waals surface area (Å²) in [5.74, 6) is -0.779. The molecule has 0 radical (unpaired) electrons. The Morgan fingerprint density at radius 3 is 2.50 bits per heavy atom. The summed E-state index contributed by atoms with van der Waals surface area (Å²) in [6, 6.07) is 12.3. The minimum atomic E-state index is -3.84. The van der Waals surface area contributed by atoms with Gasteiger partial charge < -0.3 is 15.1 Å². The number of sulfonamides is 1. The van der Waals surface area contributed by atoms with Gasteiger partial charge in [0.05, 0.1) is 0 Å². The molecule has 0 spiro atoms. The van der Waals surface area contributed by atoms with Gasteiger partial charge in [-0.15, -0.1) is 0 Å². The van der Waals surface area contributed by atoms with Gasteiger partial charge in [-0.05, 0) is 43.0 Å². The molecule has 1 fully saturated rings. The Kier molecular flexibility index (Phi) is 7.07. The first-order chi connectivity index (χ1) is 14.4. The third kappa shape index (κ3) is 5.37. The predicted octanol–water partition coefficient (Wildman–Crippen LogP) is 1.71. The van der Waals surface area contributed by atoms with Gasteiger partial charge in [0.2, 0.25) is 11.0 Å². The standard InChI is InChI=1S/C21H25N3O5S/c1-2-19(25)23-17-11-14-24(15-12-17)30(27,28)20-9-8-18(29-20)21(26)22-13-10-16-6-4-3-5-7-16/h2-9,17H,1,10-15H2,(H,22,26)(H,23,25). The minimum absolute atomic E-state index is 0.0465. The van der Waals surface area contributed by atoms with Gasteiger partial charge in [-0.1, -0.05) is 36.9 Å². The SMILES string of the molecule is C=CC(=O)NC1CCN(S(=O)(=O)c2ccc(C(=O)NCCc3ccccc3)o2)CC1. The van der Waals surface area contributed by atoms with Crippen LogP contribution in [0.3, 0.4) is 0 Å². The molecule has 0 aliphatic carbocycles. The molecule has 2 heterocycles. The summed E-state index contributed by atoms with van der Waals surface area (Å²) >= 11 is 0. The van der Waals surface area contributed by atoms with Crippen molar-refractivity contribution in [3.63, 3.8) is 0 Å². The summed E-state index contributed by atoms with van der Waals surface area (Å²) < 4.78 is 32.3. The number of hydrogen-bond acceptors (Lipinski definition) is 5. The van der Waals surface area contributed by atoms with Gasteiger partial charge in [-0.3, -0.25) is 9.59 Å². The van der Waals surface area contributed by atoms with Gasteiger partial charge in [0, 0.05) is 25.7 Å². The number of amides is 2. The summed E-state index contributed by atoms with van der Waals surface area (Å²) in [5, 5.41) is 5.25. The molecular formula is C21H25N3O5S. The third-order valence-corrected chi connectivity index (χ3v) is 6.70. The molecule has 0 atom stereocenters. The quantitative estimate of drug-likeness (QED) is 0.619. The van der Waals surface area contributed by atoms with Gasteiger partial charge in [0.25, 0.3) is 15.9 Å². The fourth-order valence-electron chi connectivity index (χ4n) is 3.26. The van der Waals surface area contributed by atoms with E-state index in [-0.39, 0.29) is 35.9 Å². The number of carbonyl (C=O) groups is 2. The van der Waals surface area contributed by atoms with E-state index in [1.807, 2.05) is 30.3 Å². The van der Waals surface area contributed by atoms with E-state index in [1.165, 1.54) is 22.5 Å². The lowest BCUT2D eigenvalue weighted by molar-refractivity contribution is -0.117. The van der Waals surface area contributed by atoms with Crippen LogP contribution in [-0.2, 0) is 21.2 Å². The number of hydrogen-bond donors (Lipinski definition) is 2. The second kappa shape index (κ2) is 9.73. The van der Waals surface area contributed by atoms with Crippen molar-refractivity contribution < 1.29 is 22.4 Å².